The number of likely N-dealkylation sites (N-methyl/N-ethyl adjacent to an activating group) is 1. The summed E-state index contributed by atoms with van der Waals surface area (Å²) in [6, 6.07) is 8.63. The molecule has 2 aliphatic heterocycles. The third kappa shape index (κ3) is 2.69. The molecule has 2 aromatic rings. The van der Waals surface area contributed by atoms with Crippen molar-refractivity contribution in [1.29, 1.82) is 0 Å². The van der Waals surface area contributed by atoms with Gasteiger partial charge in [0.05, 0.1) is 43.8 Å². The molecule has 2 N–H and O–H groups in total. The highest BCUT2D eigenvalue weighted by Gasteiger charge is 2.32. The number of sulfonamides is 1. The van der Waals surface area contributed by atoms with E-state index in [0.29, 0.717) is 30.6 Å². The molecule has 0 radical (unpaired) electrons. The maximum atomic E-state index is 13.0. The summed E-state index contributed by atoms with van der Waals surface area (Å²) in [5, 5.41) is 3.08. The van der Waals surface area contributed by atoms with Gasteiger partial charge in [-0.2, -0.15) is 0 Å². The molecular formula is C18H23N4O3S+. The molecule has 7 nitrogen and oxygen atoms in total. The number of amides is 1. The summed E-state index contributed by atoms with van der Waals surface area (Å²) in [5.41, 5.74) is 1.35. The van der Waals surface area contributed by atoms with Crippen molar-refractivity contribution in [2.24, 2.45) is 0 Å². The maximum absolute atomic E-state index is 13.0. The number of quaternary nitrogens is 1. The number of hydrazine groups is 1. The van der Waals surface area contributed by atoms with Crippen LogP contribution >= 0.6 is 0 Å². The Kier molecular flexibility index (Phi) is 4.23. The predicted molar refractivity (Wildman–Crippen MR) is 99.8 cm³/mol. The fourth-order valence-electron chi connectivity index (χ4n) is 3.77. The zero-order chi connectivity index (χ0) is 18.5. The lowest BCUT2D eigenvalue weighted by atomic mass is 10.1. The van der Waals surface area contributed by atoms with Crippen LogP contribution in [0.25, 0.3) is 10.8 Å². The van der Waals surface area contributed by atoms with Crippen LogP contribution in [0.3, 0.4) is 0 Å². The molecule has 0 saturated carbocycles. The highest BCUT2D eigenvalue weighted by atomic mass is 32.2. The van der Waals surface area contributed by atoms with E-state index in [1.54, 1.807) is 40.2 Å². The van der Waals surface area contributed by atoms with Gasteiger partial charge in [0.15, 0.2) is 0 Å². The summed E-state index contributed by atoms with van der Waals surface area (Å²) < 4.78 is 26.0. The van der Waals surface area contributed by atoms with Crippen molar-refractivity contribution in [1.82, 2.24) is 9.84 Å². The van der Waals surface area contributed by atoms with E-state index in [1.807, 2.05) is 6.92 Å². The number of rotatable bonds is 4. The van der Waals surface area contributed by atoms with Crippen LogP contribution in [0, 0.1) is 0 Å². The van der Waals surface area contributed by atoms with Crippen LogP contribution in [0.2, 0.25) is 0 Å². The second-order valence-corrected chi connectivity index (χ2v) is 8.53. The van der Waals surface area contributed by atoms with E-state index < -0.39 is 10.0 Å². The highest BCUT2D eigenvalue weighted by molar-refractivity contribution is 7.89. The summed E-state index contributed by atoms with van der Waals surface area (Å²) in [4.78, 5) is 18.6. The fraction of sp³-hybridized carbons (Fsp3) is 0.389. The third-order valence-electron chi connectivity index (χ3n) is 5.22. The van der Waals surface area contributed by atoms with Crippen LogP contribution in [0.5, 0.6) is 0 Å². The van der Waals surface area contributed by atoms with Crippen molar-refractivity contribution in [3.05, 3.63) is 35.9 Å². The first-order valence-corrected chi connectivity index (χ1v) is 10.4. The van der Waals surface area contributed by atoms with Gasteiger partial charge in [-0.15, -0.1) is 4.83 Å². The van der Waals surface area contributed by atoms with E-state index >= 15 is 0 Å². The molecule has 26 heavy (non-hydrogen) atoms. The monoisotopic (exact) mass is 375 g/mol. The summed E-state index contributed by atoms with van der Waals surface area (Å²) in [6.45, 7) is 5.61. The lowest BCUT2D eigenvalue weighted by Crippen LogP contribution is -3.12. The third-order valence-corrected chi connectivity index (χ3v) is 6.65. The minimum Gasteiger partial charge on any atom is -0.335 e. The number of hydrogen-bond acceptors (Lipinski definition) is 4. The molecule has 0 aromatic heterocycles. The lowest BCUT2D eigenvalue weighted by molar-refractivity contribution is -0.884. The van der Waals surface area contributed by atoms with Gasteiger partial charge in [0.2, 0.25) is 0 Å². The van der Waals surface area contributed by atoms with Gasteiger partial charge in [-0.25, -0.2) is 13.4 Å². The van der Waals surface area contributed by atoms with Crippen LogP contribution in [-0.4, -0.2) is 59.1 Å². The van der Waals surface area contributed by atoms with E-state index in [4.69, 9.17) is 0 Å². The van der Waals surface area contributed by atoms with Gasteiger partial charge in [0.25, 0.3) is 15.9 Å². The molecule has 138 valence electrons. The number of hydrogen-bond donors (Lipinski definition) is 2. The maximum Gasteiger partial charge on any atom is 0.258 e. The summed E-state index contributed by atoms with van der Waals surface area (Å²) in [5.74, 6) is -0.0716. The second kappa shape index (κ2) is 6.31. The average Bonchev–Trinajstić information content (AvgIpc) is 2.90. The second-order valence-electron chi connectivity index (χ2n) is 6.90. The molecule has 0 spiro atoms. The molecule has 0 atom stereocenters. The Labute approximate surface area is 153 Å². The minimum absolute atomic E-state index is 0.0716. The zero-order valence-electron chi connectivity index (χ0n) is 14.9. The Morgan fingerprint density at radius 2 is 1.88 bits per heavy atom. The number of carbonyl (C=O) groups excluding carboxylic acids is 1. The van der Waals surface area contributed by atoms with E-state index in [0.717, 1.165) is 24.2 Å². The smallest absolute Gasteiger partial charge is 0.258 e. The Morgan fingerprint density at radius 1 is 1.15 bits per heavy atom. The molecule has 0 unspecified atom stereocenters. The summed E-state index contributed by atoms with van der Waals surface area (Å²) >= 11 is 0. The van der Waals surface area contributed by atoms with Crippen molar-refractivity contribution < 1.29 is 18.1 Å². The van der Waals surface area contributed by atoms with Crippen LogP contribution in [0.1, 0.15) is 17.3 Å². The molecule has 1 saturated heterocycles. The van der Waals surface area contributed by atoms with Crippen molar-refractivity contribution in [3.8, 4) is 0 Å². The molecule has 0 bridgehead atoms. The largest absolute Gasteiger partial charge is 0.335 e. The average molecular weight is 375 g/mol. The first-order valence-electron chi connectivity index (χ1n) is 8.88. The normalized spacial score (nSPS) is 18.8. The molecule has 2 aromatic carbocycles. The van der Waals surface area contributed by atoms with Crippen LogP contribution in [0.15, 0.2) is 35.2 Å². The Bertz CT molecular complexity index is 981. The quantitative estimate of drug-likeness (QED) is 0.779. The van der Waals surface area contributed by atoms with E-state index in [2.05, 4.69) is 11.9 Å². The van der Waals surface area contributed by atoms with Crippen molar-refractivity contribution in [2.75, 3.05) is 44.7 Å². The van der Waals surface area contributed by atoms with Crippen LogP contribution < -0.4 is 14.6 Å². The topological polar surface area (TPSA) is 74.2 Å². The van der Waals surface area contributed by atoms with Gasteiger partial charge in [-0.3, -0.25) is 4.79 Å². The number of nitrogens with zero attached hydrogens (tertiary/aromatic N) is 2. The predicted octanol–water partition coefficient (Wildman–Crippen LogP) is -0.156. The zero-order valence-corrected chi connectivity index (χ0v) is 15.8. The van der Waals surface area contributed by atoms with Gasteiger partial charge in [-0.05, 0) is 25.1 Å². The molecular weight excluding hydrogens is 352 g/mol. The highest BCUT2D eigenvalue weighted by Crippen LogP contribution is 2.39. The molecule has 0 aliphatic carbocycles. The van der Waals surface area contributed by atoms with Gasteiger partial charge < -0.3 is 9.80 Å². The first kappa shape index (κ1) is 17.4. The SMILES string of the molecule is CCN1C(=O)c2cccc3c(S(=O)(=O)NN4CC[NH+](C)CC4)ccc1c23. The number of benzene rings is 2. The molecule has 1 amide bonds. The van der Waals surface area contributed by atoms with Crippen LogP contribution in [-0.2, 0) is 10.0 Å². The van der Waals surface area contributed by atoms with Gasteiger partial charge >= 0.3 is 0 Å². The molecule has 4 rings (SSSR count). The number of nitrogens with one attached hydrogen (secondary N) is 2. The molecule has 8 heteroatoms. The van der Waals surface area contributed by atoms with E-state index in [-0.39, 0.29) is 10.8 Å². The Hall–Kier alpha value is -2.00. The minimum atomic E-state index is -3.71. The van der Waals surface area contributed by atoms with Gasteiger partial charge in [-0.1, -0.05) is 12.1 Å². The van der Waals surface area contributed by atoms with Crippen molar-refractivity contribution >= 4 is 32.4 Å². The lowest BCUT2D eigenvalue weighted by Gasteiger charge is -2.30. The van der Waals surface area contributed by atoms with Gasteiger partial charge in [0, 0.05) is 22.9 Å². The number of anilines is 1. The fourth-order valence-corrected chi connectivity index (χ4v) is 5.09. The summed E-state index contributed by atoms with van der Waals surface area (Å²) in [6.07, 6.45) is 0. The Balaban J connectivity index is 1.76. The first-order chi connectivity index (χ1) is 12.4. The van der Waals surface area contributed by atoms with Gasteiger partial charge in [0.1, 0.15) is 0 Å². The molecule has 2 aliphatic rings. The molecule has 1 fully saturated rings. The van der Waals surface area contributed by atoms with E-state index in [9.17, 15) is 13.2 Å². The van der Waals surface area contributed by atoms with Crippen molar-refractivity contribution in [2.45, 2.75) is 11.8 Å². The standard InChI is InChI=1S/C18H22N4O3S/c1-3-22-15-7-8-16(13-5-4-6-14(17(13)15)18(22)23)26(24,25)19-21-11-9-20(2)10-12-21/h4-8,19H,3,9-12H2,1-2H3/p+1. The Morgan fingerprint density at radius 3 is 2.58 bits per heavy atom. The van der Waals surface area contributed by atoms with E-state index in [1.165, 1.54) is 4.90 Å². The number of piperazine rings is 1. The molecule has 2 heterocycles. The van der Waals surface area contributed by atoms with Crippen molar-refractivity contribution in [3.63, 3.8) is 0 Å². The summed E-state index contributed by atoms with van der Waals surface area (Å²) in [7, 11) is -1.61. The number of carbonyl (C=O) groups is 1. The van der Waals surface area contributed by atoms with Crippen LogP contribution in [0.4, 0.5) is 5.69 Å².